The SMILES string of the molecule is C[C@@H]1[C@H](C)CCC[C@@H]1NC(=O)c1ccc(Sc2ccc(Br)cc2)c([N+](=O)[O-])c1. The summed E-state index contributed by atoms with van der Waals surface area (Å²) in [6, 6.07) is 12.4. The van der Waals surface area contributed by atoms with Crippen LogP contribution in [-0.2, 0) is 0 Å². The molecule has 1 saturated carbocycles. The lowest BCUT2D eigenvalue weighted by atomic mass is 9.78. The Bertz CT molecular complexity index is 872. The van der Waals surface area contributed by atoms with Gasteiger partial charge in [0.15, 0.2) is 0 Å². The monoisotopic (exact) mass is 462 g/mol. The predicted molar refractivity (Wildman–Crippen MR) is 115 cm³/mol. The number of halogens is 1. The second kappa shape index (κ2) is 9.09. The zero-order valence-electron chi connectivity index (χ0n) is 15.9. The van der Waals surface area contributed by atoms with Gasteiger partial charge in [-0.3, -0.25) is 14.9 Å². The molecular formula is C21H23BrN2O3S. The standard InChI is InChI=1S/C21H23BrN2O3S/c1-13-4-3-5-18(14(13)2)23-21(25)15-6-11-20(19(12-15)24(26)27)28-17-9-7-16(22)8-10-17/h6-14,18H,3-5H2,1-2H3,(H,23,25)/t13-,14-,18+/m1/s1. The van der Waals surface area contributed by atoms with E-state index in [1.165, 1.54) is 24.2 Å². The highest BCUT2D eigenvalue weighted by Gasteiger charge is 2.29. The van der Waals surface area contributed by atoms with Crippen molar-refractivity contribution in [2.75, 3.05) is 0 Å². The third-order valence-corrected chi connectivity index (χ3v) is 7.08. The smallest absolute Gasteiger partial charge is 0.284 e. The van der Waals surface area contributed by atoms with E-state index in [9.17, 15) is 14.9 Å². The number of amides is 1. The van der Waals surface area contributed by atoms with Crippen molar-refractivity contribution < 1.29 is 9.72 Å². The second-order valence-electron chi connectivity index (χ2n) is 7.34. The average Bonchev–Trinajstić information content (AvgIpc) is 2.67. The number of rotatable bonds is 5. The molecule has 2 aromatic rings. The van der Waals surface area contributed by atoms with Gasteiger partial charge in [-0.1, -0.05) is 54.4 Å². The van der Waals surface area contributed by atoms with E-state index in [0.29, 0.717) is 22.3 Å². The van der Waals surface area contributed by atoms with E-state index in [4.69, 9.17) is 0 Å². The van der Waals surface area contributed by atoms with E-state index in [0.717, 1.165) is 22.2 Å². The molecule has 1 aliphatic carbocycles. The Morgan fingerprint density at radius 1 is 1.18 bits per heavy atom. The molecular weight excluding hydrogens is 440 g/mol. The van der Waals surface area contributed by atoms with Gasteiger partial charge in [-0.2, -0.15) is 0 Å². The van der Waals surface area contributed by atoms with Gasteiger partial charge >= 0.3 is 0 Å². The Hall–Kier alpha value is -1.86. The minimum Gasteiger partial charge on any atom is -0.349 e. The van der Waals surface area contributed by atoms with Crippen molar-refractivity contribution in [3.8, 4) is 0 Å². The maximum atomic E-state index is 12.7. The van der Waals surface area contributed by atoms with Gasteiger partial charge in [0.25, 0.3) is 11.6 Å². The molecule has 0 aliphatic heterocycles. The maximum absolute atomic E-state index is 12.7. The van der Waals surface area contributed by atoms with Crippen LogP contribution >= 0.6 is 27.7 Å². The van der Waals surface area contributed by atoms with E-state index in [-0.39, 0.29) is 17.6 Å². The molecule has 3 rings (SSSR count). The molecule has 1 aliphatic rings. The first-order valence-corrected chi connectivity index (χ1v) is 11.0. The molecule has 1 N–H and O–H groups in total. The molecule has 0 bridgehead atoms. The number of nitro benzene ring substituents is 1. The molecule has 1 amide bonds. The molecule has 28 heavy (non-hydrogen) atoms. The highest BCUT2D eigenvalue weighted by molar-refractivity contribution is 9.10. The van der Waals surface area contributed by atoms with E-state index in [1.807, 2.05) is 24.3 Å². The van der Waals surface area contributed by atoms with Crippen molar-refractivity contribution in [1.82, 2.24) is 5.32 Å². The minimum atomic E-state index is -0.427. The lowest BCUT2D eigenvalue weighted by Crippen LogP contribution is -2.43. The summed E-state index contributed by atoms with van der Waals surface area (Å²) < 4.78 is 0.949. The summed E-state index contributed by atoms with van der Waals surface area (Å²) in [5.41, 5.74) is 0.280. The van der Waals surface area contributed by atoms with Gasteiger partial charge in [0, 0.05) is 27.0 Å². The second-order valence-corrected chi connectivity index (χ2v) is 9.37. The summed E-state index contributed by atoms with van der Waals surface area (Å²) in [6.45, 7) is 4.37. The topological polar surface area (TPSA) is 72.2 Å². The molecule has 0 heterocycles. The Morgan fingerprint density at radius 2 is 1.89 bits per heavy atom. The number of carbonyl (C=O) groups excluding carboxylic acids is 1. The molecule has 5 nitrogen and oxygen atoms in total. The van der Waals surface area contributed by atoms with Crippen LogP contribution in [0.2, 0.25) is 0 Å². The summed E-state index contributed by atoms with van der Waals surface area (Å²) in [6.07, 6.45) is 3.23. The highest BCUT2D eigenvalue weighted by atomic mass is 79.9. The summed E-state index contributed by atoms with van der Waals surface area (Å²) in [5, 5.41) is 14.7. The zero-order valence-corrected chi connectivity index (χ0v) is 18.3. The van der Waals surface area contributed by atoms with Gasteiger partial charge in [-0.05, 0) is 54.7 Å². The van der Waals surface area contributed by atoms with Gasteiger partial charge in [-0.15, -0.1) is 0 Å². The first kappa shape index (κ1) is 20.9. The Kier molecular flexibility index (Phi) is 6.78. The summed E-state index contributed by atoms with van der Waals surface area (Å²) >= 11 is 4.69. The molecule has 148 valence electrons. The number of hydrogen-bond donors (Lipinski definition) is 1. The van der Waals surface area contributed by atoms with Crippen LogP contribution in [-0.4, -0.2) is 16.9 Å². The van der Waals surface area contributed by atoms with Crippen LogP contribution in [0.3, 0.4) is 0 Å². The fourth-order valence-corrected chi connectivity index (χ4v) is 4.72. The number of benzene rings is 2. The lowest BCUT2D eigenvalue weighted by molar-refractivity contribution is -0.387. The summed E-state index contributed by atoms with van der Waals surface area (Å²) in [4.78, 5) is 25.3. The summed E-state index contributed by atoms with van der Waals surface area (Å²) in [7, 11) is 0. The molecule has 0 saturated heterocycles. The molecule has 0 radical (unpaired) electrons. The third-order valence-electron chi connectivity index (χ3n) is 5.48. The third kappa shape index (κ3) is 4.94. The number of hydrogen-bond acceptors (Lipinski definition) is 4. The van der Waals surface area contributed by atoms with Crippen LogP contribution in [0.25, 0.3) is 0 Å². The molecule has 7 heteroatoms. The van der Waals surface area contributed by atoms with Gasteiger partial charge in [0.1, 0.15) is 0 Å². The number of nitro groups is 1. The molecule has 1 fully saturated rings. The fourth-order valence-electron chi connectivity index (χ4n) is 3.55. The van der Waals surface area contributed by atoms with E-state index < -0.39 is 4.92 Å². The van der Waals surface area contributed by atoms with Crippen LogP contribution in [0.15, 0.2) is 56.7 Å². The van der Waals surface area contributed by atoms with Crippen molar-refractivity contribution in [1.29, 1.82) is 0 Å². The maximum Gasteiger partial charge on any atom is 0.284 e. The number of carbonyl (C=O) groups is 1. The van der Waals surface area contributed by atoms with Crippen LogP contribution < -0.4 is 5.32 Å². The Labute approximate surface area is 177 Å². The van der Waals surface area contributed by atoms with Crippen LogP contribution in [0.5, 0.6) is 0 Å². The largest absolute Gasteiger partial charge is 0.349 e. The molecule has 0 unspecified atom stereocenters. The van der Waals surface area contributed by atoms with Crippen molar-refractivity contribution >= 4 is 39.3 Å². The number of nitrogens with one attached hydrogen (secondary N) is 1. The van der Waals surface area contributed by atoms with Crippen LogP contribution in [0.1, 0.15) is 43.5 Å². The van der Waals surface area contributed by atoms with Gasteiger partial charge in [0.05, 0.1) is 9.82 Å². The molecule has 2 aromatic carbocycles. The number of nitrogens with zero attached hydrogens (tertiary/aromatic N) is 1. The van der Waals surface area contributed by atoms with Gasteiger partial charge < -0.3 is 5.32 Å². The van der Waals surface area contributed by atoms with Gasteiger partial charge in [-0.25, -0.2) is 0 Å². The lowest BCUT2D eigenvalue weighted by Gasteiger charge is -2.34. The zero-order chi connectivity index (χ0) is 20.3. The first-order valence-electron chi connectivity index (χ1n) is 9.38. The van der Waals surface area contributed by atoms with E-state index >= 15 is 0 Å². The normalized spacial score (nSPS) is 21.9. The minimum absolute atomic E-state index is 0.0503. The molecule has 3 atom stereocenters. The van der Waals surface area contributed by atoms with Crippen molar-refractivity contribution in [2.24, 2.45) is 11.8 Å². The van der Waals surface area contributed by atoms with Crippen molar-refractivity contribution in [3.05, 3.63) is 62.6 Å². The molecule has 0 aromatic heterocycles. The summed E-state index contributed by atoms with van der Waals surface area (Å²) in [5.74, 6) is 0.729. The molecule has 0 spiro atoms. The van der Waals surface area contributed by atoms with E-state index in [2.05, 4.69) is 35.1 Å². The highest BCUT2D eigenvalue weighted by Crippen LogP contribution is 2.36. The Morgan fingerprint density at radius 3 is 2.57 bits per heavy atom. The Balaban J connectivity index is 1.79. The van der Waals surface area contributed by atoms with Gasteiger partial charge in [0.2, 0.25) is 0 Å². The predicted octanol–water partition coefficient (Wildman–Crippen LogP) is 6.06. The average molecular weight is 463 g/mol. The first-order chi connectivity index (χ1) is 13.3. The quantitative estimate of drug-likeness (QED) is 0.432. The van der Waals surface area contributed by atoms with Crippen LogP contribution in [0.4, 0.5) is 5.69 Å². The van der Waals surface area contributed by atoms with Crippen molar-refractivity contribution in [3.63, 3.8) is 0 Å². The van der Waals surface area contributed by atoms with Crippen molar-refractivity contribution in [2.45, 2.75) is 48.9 Å². The van der Waals surface area contributed by atoms with E-state index in [1.54, 1.807) is 12.1 Å². The fraction of sp³-hybridized carbons (Fsp3) is 0.381. The van der Waals surface area contributed by atoms with Crippen LogP contribution in [0, 0.1) is 22.0 Å².